The topological polar surface area (TPSA) is 107 Å². The number of carboxylic acid groups (broad SMARTS) is 1. The van der Waals surface area contributed by atoms with E-state index in [1.54, 1.807) is 29.2 Å². The van der Waals surface area contributed by atoms with Crippen LogP contribution in [-0.2, 0) is 19.2 Å². The largest absolute Gasteiger partial charge is 0.481 e. The van der Waals surface area contributed by atoms with E-state index in [4.69, 9.17) is 5.11 Å². The van der Waals surface area contributed by atoms with Crippen LogP contribution in [0.5, 0.6) is 0 Å². The second kappa shape index (κ2) is 7.55. The number of nitrogens with one attached hydrogen (secondary N) is 1. The van der Waals surface area contributed by atoms with Gasteiger partial charge in [0.05, 0.1) is 17.8 Å². The molecule has 2 aliphatic rings. The summed E-state index contributed by atoms with van der Waals surface area (Å²) in [5, 5.41) is 11.7. The molecule has 1 atom stereocenters. The molecule has 1 saturated heterocycles. The number of hydrogen-bond acceptors (Lipinski definition) is 4. The van der Waals surface area contributed by atoms with Gasteiger partial charge in [0.1, 0.15) is 6.54 Å². The third kappa shape index (κ3) is 3.84. The molecule has 26 heavy (non-hydrogen) atoms. The van der Waals surface area contributed by atoms with Gasteiger partial charge in [0.2, 0.25) is 17.7 Å². The summed E-state index contributed by atoms with van der Waals surface area (Å²) >= 11 is 0. The first-order valence-corrected chi connectivity index (χ1v) is 8.66. The van der Waals surface area contributed by atoms with Crippen LogP contribution in [0.2, 0.25) is 0 Å². The van der Waals surface area contributed by atoms with Crippen molar-refractivity contribution in [3.63, 3.8) is 0 Å². The number of rotatable bonds is 5. The average molecular weight is 359 g/mol. The highest BCUT2D eigenvalue weighted by Crippen LogP contribution is 2.29. The van der Waals surface area contributed by atoms with Crippen molar-refractivity contribution in [3.05, 3.63) is 24.3 Å². The monoisotopic (exact) mass is 359 g/mol. The van der Waals surface area contributed by atoms with Crippen LogP contribution in [0.4, 0.5) is 11.4 Å². The molecule has 3 rings (SSSR count). The molecule has 0 spiro atoms. The fourth-order valence-electron chi connectivity index (χ4n) is 3.53. The first-order chi connectivity index (χ1) is 12.5. The summed E-state index contributed by atoms with van der Waals surface area (Å²) in [7, 11) is 0. The zero-order valence-electron chi connectivity index (χ0n) is 14.3. The smallest absolute Gasteiger partial charge is 0.305 e. The van der Waals surface area contributed by atoms with E-state index in [-0.39, 0.29) is 49.6 Å². The van der Waals surface area contributed by atoms with Gasteiger partial charge in [0.25, 0.3) is 0 Å². The van der Waals surface area contributed by atoms with Crippen LogP contribution in [0, 0.1) is 0 Å². The first kappa shape index (κ1) is 17.9. The molecular weight excluding hydrogens is 338 g/mol. The molecule has 3 amide bonds. The van der Waals surface area contributed by atoms with Gasteiger partial charge in [-0.1, -0.05) is 12.1 Å². The maximum atomic E-state index is 12.6. The molecule has 0 saturated carbocycles. The second-order valence-corrected chi connectivity index (χ2v) is 6.53. The van der Waals surface area contributed by atoms with Gasteiger partial charge in [0.15, 0.2) is 0 Å². The summed E-state index contributed by atoms with van der Waals surface area (Å²) in [4.78, 5) is 50.6. The number of fused-ring (bicyclic) bond motifs is 1. The van der Waals surface area contributed by atoms with Crippen molar-refractivity contribution in [3.8, 4) is 0 Å². The van der Waals surface area contributed by atoms with Crippen molar-refractivity contribution in [2.75, 3.05) is 23.3 Å². The molecule has 1 fully saturated rings. The standard InChI is InChI=1S/C18H21N3O5/c22-15-11-21(14-6-2-1-5-13(14)19-15)17(24)8-7-16(23)20-9-3-4-12(20)10-18(25)26/h1-2,5-6,12H,3-4,7-11H2,(H,19,22)(H,25,26). The summed E-state index contributed by atoms with van der Waals surface area (Å²) in [6.45, 7) is 0.454. The number of benzene rings is 1. The minimum atomic E-state index is -0.929. The van der Waals surface area contributed by atoms with Crippen molar-refractivity contribution >= 4 is 35.1 Å². The Hall–Kier alpha value is -2.90. The number of hydrogen-bond donors (Lipinski definition) is 2. The van der Waals surface area contributed by atoms with Crippen LogP contribution in [0.25, 0.3) is 0 Å². The first-order valence-electron chi connectivity index (χ1n) is 8.66. The van der Waals surface area contributed by atoms with Crippen molar-refractivity contribution in [1.29, 1.82) is 0 Å². The Morgan fingerprint density at radius 2 is 1.88 bits per heavy atom. The van der Waals surface area contributed by atoms with E-state index in [1.807, 2.05) is 0 Å². The van der Waals surface area contributed by atoms with Crippen molar-refractivity contribution in [2.24, 2.45) is 0 Å². The third-order valence-corrected chi connectivity index (χ3v) is 4.73. The molecule has 1 aromatic carbocycles. The molecule has 0 bridgehead atoms. The number of carbonyl (C=O) groups excluding carboxylic acids is 3. The van der Waals surface area contributed by atoms with Crippen molar-refractivity contribution < 1.29 is 24.3 Å². The van der Waals surface area contributed by atoms with E-state index >= 15 is 0 Å². The van der Waals surface area contributed by atoms with E-state index in [0.717, 1.165) is 6.42 Å². The summed E-state index contributed by atoms with van der Waals surface area (Å²) in [6, 6.07) is 6.72. The second-order valence-electron chi connectivity index (χ2n) is 6.53. The summed E-state index contributed by atoms with van der Waals surface area (Å²) in [5.41, 5.74) is 1.19. The van der Waals surface area contributed by atoms with E-state index < -0.39 is 5.97 Å². The molecule has 2 heterocycles. The summed E-state index contributed by atoms with van der Waals surface area (Å²) < 4.78 is 0. The highest BCUT2D eigenvalue weighted by molar-refractivity contribution is 6.10. The maximum Gasteiger partial charge on any atom is 0.305 e. The molecule has 8 heteroatoms. The Labute approximate surface area is 150 Å². The van der Waals surface area contributed by atoms with Gasteiger partial charge in [0, 0.05) is 25.4 Å². The minimum absolute atomic E-state index is 0.00917. The molecular formula is C18H21N3O5. The van der Waals surface area contributed by atoms with Gasteiger partial charge in [-0.3, -0.25) is 19.2 Å². The molecule has 0 aromatic heterocycles. The molecule has 138 valence electrons. The molecule has 0 radical (unpaired) electrons. The molecule has 1 aromatic rings. The summed E-state index contributed by atoms with van der Waals surface area (Å²) in [6.07, 6.45) is 1.37. The number of likely N-dealkylation sites (tertiary alicyclic amines) is 1. The lowest BCUT2D eigenvalue weighted by atomic mass is 10.1. The Bertz CT molecular complexity index is 748. The lowest BCUT2D eigenvalue weighted by molar-refractivity contribution is -0.140. The maximum absolute atomic E-state index is 12.6. The lowest BCUT2D eigenvalue weighted by Crippen LogP contribution is -2.43. The zero-order valence-corrected chi connectivity index (χ0v) is 14.3. The van der Waals surface area contributed by atoms with E-state index in [9.17, 15) is 19.2 Å². The Kier molecular flexibility index (Phi) is 5.20. The number of nitrogens with zero attached hydrogens (tertiary/aromatic N) is 2. The molecule has 0 aliphatic carbocycles. The highest BCUT2D eigenvalue weighted by Gasteiger charge is 2.31. The number of carboxylic acids is 1. The van der Waals surface area contributed by atoms with Crippen molar-refractivity contribution in [1.82, 2.24) is 4.90 Å². The van der Waals surface area contributed by atoms with Crippen molar-refractivity contribution in [2.45, 2.75) is 38.1 Å². The van der Waals surface area contributed by atoms with Gasteiger partial charge in [-0.2, -0.15) is 0 Å². The zero-order chi connectivity index (χ0) is 18.7. The van der Waals surface area contributed by atoms with Crippen LogP contribution in [0.15, 0.2) is 24.3 Å². The van der Waals surface area contributed by atoms with Gasteiger partial charge in [-0.15, -0.1) is 0 Å². The minimum Gasteiger partial charge on any atom is -0.481 e. The number of anilines is 2. The predicted octanol–water partition coefficient (Wildman–Crippen LogP) is 1.22. The van der Waals surface area contributed by atoms with Crippen LogP contribution in [-0.4, -0.2) is 52.8 Å². The number of carbonyl (C=O) groups is 4. The predicted molar refractivity (Wildman–Crippen MR) is 93.6 cm³/mol. The van der Waals surface area contributed by atoms with E-state index in [2.05, 4.69) is 5.32 Å². The number of para-hydroxylation sites is 2. The fourth-order valence-corrected chi connectivity index (χ4v) is 3.53. The molecule has 1 unspecified atom stereocenters. The Balaban J connectivity index is 1.61. The third-order valence-electron chi connectivity index (χ3n) is 4.73. The molecule has 2 N–H and O–H groups in total. The lowest BCUT2D eigenvalue weighted by Gasteiger charge is -2.29. The highest BCUT2D eigenvalue weighted by atomic mass is 16.4. The van der Waals surface area contributed by atoms with Crippen LogP contribution in [0.3, 0.4) is 0 Å². The SMILES string of the molecule is O=C(O)CC1CCCN1C(=O)CCC(=O)N1CC(=O)Nc2ccccc21. The van der Waals surface area contributed by atoms with Gasteiger partial charge in [-0.05, 0) is 25.0 Å². The average Bonchev–Trinajstić information content (AvgIpc) is 3.06. The fraction of sp³-hybridized carbons (Fsp3) is 0.444. The quantitative estimate of drug-likeness (QED) is 0.822. The molecule has 2 aliphatic heterocycles. The van der Waals surface area contributed by atoms with Gasteiger partial charge in [-0.25, -0.2) is 0 Å². The Morgan fingerprint density at radius 3 is 2.65 bits per heavy atom. The van der Waals surface area contributed by atoms with Crippen LogP contribution < -0.4 is 10.2 Å². The van der Waals surface area contributed by atoms with E-state index in [1.165, 1.54) is 4.90 Å². The molecule has 8 nitrogen and oxygen atoms in total. The van der Waals surface area contributed by atoms with Gasteiger partial charge >= 0.3 is 5.97 Å². The van der Waals surface area contributed by atoms with Gasteiger partial charge < -0.3 is 20.2 Å². The number of aliphatic carboxylic acids is 1. The normalized spacial score (nSPS) is 19.1. The van der Waals surface area contributed by atoms with E-state index in [0.29, 0.717) is 24.3 Å². The Morgan fingerprint density at radius 1 is 1.15 bits per heavy atom. The number of amides is 3. The summed E-state index contributed by atoms with van der Waals surface area (Å²) in [5.74, 6) is -1.71. The van der Waals surface area contributed by atoms with Crippen LogP contribution >= 0.6 is 0 Å². The van der Waals surface area contributed by atoms with Crippen LogP contribution in [0.1, 0.15) is 32.1 Å².